The van der Waals surface area contributed by atoms with Crippen LogP contribution in [0.1, 0.15) is 52.3 Å². The van der Waals surface area contributed by atoms with Crippen molar-refractivity contribution in [3.8, 4) is 5.75 Å². The molecule has 30 heavy (non-hydrogen) atoms. The van der Waals surface area contributed by atoms with Gasteiger partial charge in [-0.3, -0.25) is 14.9 Å². The zero-order valence-corrected chi connectivity index (χ0v) is 17.2. The summed E-state index contributed by atoms with van der Waals surface area (Å²) < 4.78 is 13.0. The molecule has 0 saturated carbocycles. The van der Waals surface area contributed by atoms with Crippen molar-refractivity contribution < 1.29 is 23.8 Å². The summed E-state index contributed by atoms with van der Waals surface area (Å²) in [5.41, 5.74) is 7.25. The van der Waals surface area contributed by atoms with E-state index >= 15 is 0 Å². The second-order valence-corrected chi connectivity index (χ2v) is 6.82. The molecular weight excluding hydrogens is 390 g/mol. The number of nitrogens with two attached hydrogens (primary N) is 1. The number of fused-ring (bicyclic) bond motifs is 1. The summed E-state index contributed by atoms with van der Waals surface area (Å²) in [4.78, 5) is 33.1. The molecule has 0 fully saturated rings. The van der Waals surface area contributed by atoms with Crippen molar-refractivity contribution in [3.63, 3.8) is 0 Å². The van der Waals surface area contributed by atoms with E-state index in [2.05, 4.69) is 15.3 Å². The minimum absolute atomic E-state index is 0.0237. The van der Waals surface area contributed by atoms with Gasteiger partial charge in [0.2, 0.25) is 17.6 Å². The molecular formula is C20H25N5O5. The van der Waals surface area contributed by atoms with Crippen molar-refractivity contribution in [2.75, 3.05) is 18.5 Å². The topological polar surface area (TPSA) is 146 Å². The number of rotatable bonds is 9. The molecule has 0 radical (unpaired) electrons. The van der Waals surface area contributed by atoms with Crippen molar-refractivity contribution in [1.29, 1.82) is 0 Å². The average Bonchev–Trinajstić information content (AvgIpc) is 3.21. The van der Waals surface area contributed by atoms with Gasteiger partial charge >= 0.3 is 0 Å². The third-order valence-electron chi connectivity index (χ3n) is 4.43. The van der Waals surface area contributed by atoms with Gasteiger partial charge < -0.3 is 24.6 Å². The molecule has 160 valence electrons. The van der Waals surface area contributed by atoms with Gasteiger partial charge in [-0.1, -0.05) is 6.92 Å². The molecule has 2 aromatic heterocycles. The highest BCUT2D eigenvalue weighted by molar-refractivity contribution is 6.04. The number of hydrogen-bond donors (Lipinski definition) is 3. The Hall–Kier alpha value is -3.40. The van der Waals surface area contributed by atoms with Crippen LogP contribution in [0.15, 0.2) is 16.5 Å². The maximum absolute atomic E-state index is 12.7. The van der Waals surface area contributed by atoms with E-state index in [-0.39, 0.29) is 24.5 Å². The molecule has 0 unspecified atom stereocenters. The second-order valence-electron chi connectivity index (χ2n) is 6.82. The van der Waals surface area contributed by atoms with E-state index in [0.717, 1.165) is 6.42 Å². The number of amides is 2. The van der Waals surface area contributed by atoms with Crippen molar-refractivity contribution in [2.45, 2.75) is 40.2 Å². The minimum Gasteiger partial charge on any atom is -0.491 e. The fourth-order valence-corrected chi connectivity index (χ4v) is 3.17. The molecule has 3 aromatic rings. The lowest BCUT2D eigenvalue weighted by Crippen LogP contribution is -2.16. The molecule has 10 nitrogen and oxygen atoms in total. The number of ether oxygens (including phenoxy) is 1. The standard InChI is InChI=1S/C20H25N5O5/c1-4-6-25-16-14(9-13(18(21)27)10-15(16)29-8-5-7-26)23-20(25)24-19(28)17-11(2)22-12(3)30-17/h9-10,26H,4-8H2,1-3H3,(H2,21,27)(H,23,24,28). The van der Waals surface area contributed by atoms with Gasteiger partial charge in [0.25, 0.3) is 5.91 Å². The summed E-state index contributed by atoms with van der Waals surface area (Å²) in [7, 11) is 0. The van der Waals surface area contributed by atoms with Crippen LogP contribution >= 0.6 is 0 Å². The summed E-state index contributed by atoms with van der Waals surface area (Å²) in [6, 6.07) is 3.10. The first-order valence-electron chi connectivity index (χ1n) is 9.68. The third-order valence-corrected chi connectivity index (χ3v) is 4.43. The van der Waals surface area contributed by atoms with Gasteiger partial charge in [-0.15, -0.1) is 0 Å². The van der Waals surface area contributed by atoms with Crippen LogP contribution < -0.4 is 15.8 Å². The van der Waals surface area contributed by atoms with Gasteiger partial charge in [-0.25, -0.2) is 9.97 Å². The van der Waals surface area contributed by atoms with Crippen LogP contribution in [0.2, 0.25) is 0 Å². The van der Waals surface area contributed by atoms with E-state index in [0.29, 0.717) is 47.3 Å². The van der Waals surface area contributed by atoms with Crippen LogP contribution in [0.25, 0.3) is 11.0 Å². The van der Waals surface area contributed by atoms with Gasteiger partial charge in [0.1, 0.15) is 11.3 Å². The van der Waals surface area contributed by atoms with E-state index in [1.54, 1.807) is 26.0 Å². The van der Waals surface area contributed by atoms with Gasteiger partial charge in [0.15, 0.2) is 5.89 Å². The predicted molar refractivity (Wildman–Crippen MR) is 110 cm³/mol. The molecule has 2 amide bonds. The van der Waals surface area contributed by atoms with Crippen LogP contribution in [0.3, 0.4) is 0 Å². The number of nitrogens with one attached hydrogen (secondary N) is 1. The average molecular weight is 415 g/mol. The molecule has 0 bridgehead atoms. The van der Waals surface area contributed by atoms with Crippen molar-refractivity contribution in [3.05, 3.63) is 35.0 Å². The normalized spacial score (nSPS) is 11.1. The minimum atomic E-state index is -0.618. The smallest absolute Gasteiger partial charge is 0.295 e. The number of aromatic nitrogens is 3. The van der Waals surface area contributed by atoms with Crippen LogP contribution in [0.4, 0.5) is 5.95 Å². The Morgan fingerprint density at radius 3 is 2.67 bits per heavy atom. The number of benzene rings is 1. The molecule has 2 heterocycles. The Bertz CT molecular complexity index is 1090. The summed E-state index contributed by atoms with van der Waals surface area (Å²) in [6.07, 6.45) is 1.19. The lowest BCUT2D eigenvalue weighted by Gasteiger charge is -2.12. The van der Waals surface area contributed by atoms with Crippen LogP contribution in [-0.4, -0.2) is 44.7 Å². The monoisotopic (exact) mass is 415 g/mol. The molecule has 0 aliphatic rings. The summed E-state index contributed by atoms with van der Waals surface area (Å²) >= 11 is 0. The SMILES string of the molecule is CCCn1c(NC(=O)c2oc(C)nc2C)nc2cc(C(N)=O)cc(OCCCO)c21. The third kappa shape index (κ3) is 4.28. The highest BCUT2D eigenvalue weighted by Crippen LogP contribution is 2.31. The number of carbonyl (C=O) groups is 2. The highest BCUT2D eigenvalue weighted by atomic mass is 16.5. The van der Waals surface area contributed by atoms with Crippen molar-refractivity contribution in [2.24, 2.45) is 5.73 Å². The summed E-state index contributed by atoms with van der Waals surface area (Å²) in [6.45, 7) is 6.12. The first-order chi connectivity index (χ1) is 14.3. The number of primary amides is 1. The Balaban J connectivity index is 2.08. The first-order valence-corrected chi connectivity index (χ1v) is 9.68. The number of hydrogen-bond acceptors (Lipinski definition) is 7. The van der Waals surface area contributed by atoms with Crippen molar-refractivity contribution in [1.82, 2.24) is 14.5 Å². The van der Waals surface area contributed by atoms with Gasteiger partial charge in [-0.05, 0) is 25.5 Å². The van der Waals surface area contributed by atoms with E-state index in [1.165, 1.54) is 0 Å². The molecule has 0 aliphatic carbocycles. The number of aliphatic hydroxyl groups excluding tert-OH is 1. The molecule has 0 spiro atoms. The Morgan fingerprint density at radius 2 is 2.07 bits per heavy atom. The second kappa shape index (κ2) is 8.95. The number of aryl methyl sites for hydroxylation is 3. The van der Waals surface area contributed by atoms with Gasteiger partial charge in [0, 0.05) is 32.1 Å². The zero-order chi connectivity index (χ0) is 21.8. The fourth-order valence-electron chi connectivity index (χ4n) is 3.17. The van der Waals surface area contributed by atoms with E-state index < -0.39 is 11.8 Å². The zero-order valence-electron chi connectivity index (χ0n) is 17.2. The largest absolute Gasteiger partial charge is 0.491 e. The number of anilines is 1. The van der Waals surface area contributed by atoms with Gasteiger partial charge in [0.05, 0.1) is 17.8 Å². The molecule has 10 heteroatoms. The fraction of sp³-hybridized carbons (Fsp3) is 0.400. The number of imidazole rings is 1. The number of aliphatic hydroxyl groups is 1. The van der Waals surface area contributed by atoms with Crippen LogP contribution in [0.5, 0.6) is 5.75 Å². The molecule has 4 N–H and O–H groups in total. The van der Waals surface area contributed by atoms with Crippen LogP contribution in [0, 0.1) is 13.8 Å². The number of oxazole rings is 1. The Morgan fingerprint density at radius 1 is 1.30 bits per heavy atom. The Kier molecular flexibility index (Phi) is 6.36. The van der Waals surface area contributed by atoms with Crippen LogP contribution in [-0.2, 0) is 6.54 Å². The lowest BCUT2D eigenvalue weighted by molar-refractivity contribution is 0.0988. The molecule has 3 rings (SSSR count). The van der Waals surface area contributed by atoms with E-state index in [9.17, 15) is 9.59 Å². The number of nitrogens with zero attached hydrogens (tertiary/aromatic N) is 3. The predicted octanol–water partition coefficient (Wildman–Crippen LogP) is 2.16. The molecule has 1 aromatic carbocycles. The maximum atomic E-state index is 12.7. The van der Waals surface area contributed by atoms with E-state index in [1.807, 2.05) is 11.5 Å². The lowest BCUT2D eigenvalue weighted by atomic mass is 10.1. The summed E-state index contributed by atoms with van der Waals surface area (Å²) in [5, 5.41) is 11.8. The van der Waals surface area contributed by atoms with E-state index in [4.69, 9.17) is 20.0 Å². The molecule has 0 saturated heterocycles. The summed E-state index contributed by atoms with van der Waals surface area (Å²) in [5.74, 6) is 0.109. The number of carbonyl (C=O) groups excluding carboxylic acids is 2. The highest BCUT2D eigenvalue weighted by Gasteiger charge is 2.22. The maximum Gasteiger partial charge on any atom is 0.295 e. The Labute approximate surface area is 173 Å². The van der Waals surface area contributed by atoms with Crippen molar-refractivity contribution >= 4 is 28.8 Å². The quantitative estimate of drug-likeness (QED) is 0.454. The molecule has 0 atom stereocenters. The first kappa shape index (κ1) is 21.3. The molecule has 0 aliphatic heterocycles. The van der Waals surface area contributed by atoms with Gasteiger partial charge in [-0.2, -0.15) is 0 Å².